The zero-order valence-electron chi connectivity index (χ0n) is 15.3. The van der Waals surface area contributed by atoms with E-state index in [1.54, 1.807) is 37.4 Å². The lowest BCUT2D eigenvalue weighted by Crippen LogP contribution is -2.56. The van der Waals surface area contributed by atoms with Gasteiger partial charge in [-0.15, -0.1) is 0 Å². The number of carbonyl (C=O) groups is 1. The van der Waals surface area contributed by atoms with Gasteiger partial charge in [-0.25, -0.2) is 9.98 Å². The number of ether oxygens (including phenoxy) is 2. The van der Waals surface area contributed by atoms with Gasteiger partial charge in [0.1, 0.15) is 11.9 Å². The molecule has 1 spiro atoms. The Kier molecular flexibility index (Phi) is 3.67. The molecule has 0 aliphatic carbocycles. The summed E-state index contributed by atoms with van der Waals surface area (Å²) in [5.74, 6) is -0.390. The van der Waals surface area contributed by atoms with Crippen LogP contribution in [-0.2, 0) is 15.1 Å². The van der Waals surface area contributed by atoms with Gasteiger partial charge in [-0.2, -0.15) is 4.39 Å². The molecule has 1 saturated heterocycles. The number of halogens is 1. The lowest BCUT2D eigenvalue weighted by molar-refractivity contribution is -0.141. The van der Waals surface area contributed by atoms with E-state index in [1.165, 1.54) is 11.1 Å². The number of nitrogens with zero attached hydrogens (tertiary/aromatic N) is 3. The Balaban J connectivity index is 1.74. The monoisotopic (exact) mass is 382 g/mol. The van der Waals surface area contributed by atoms with Gasteiger partial charge in [0.15, 0.2) is 11.5 Å². The summed E-state index contributed by atoms with van der Waals surface area (Å²) in [5, 5.41) is 0. The van der Waals surface area contributed by atoms with Crippen molar-refractivity contribution in [1.82, 2.24) is 9.88 Å². The van der Waals surface area contributed by atoms with Crippen molar-refractivity contribution < 1.29 is 18.7 Å². The molecule has 3 aliphatic heterocycles. The Morgan fingerprint density at radius 3 is 2.96 bits per heavy atom. The van der Waals surface area contributed by atoms with Crippen LogP contribution in [0, 0.1) is 11.9 Å². The van der Waals surface area contributed by atoms with Crippen LogP contribution in [-0.4, -0.2) is 48.1 Å². The summed E-state index contributed by atoms with van der Waals surface area (Å²) in [6, 6.07) is 8.60. The zero-order chi connectivity index (χ0) is 19.5. The highest BCUT2D eigenvalue weighted by molar-refractivity contribution is 6.07. The maximum atomic E-state index is 14.3. The number of rotatable bonds is 1. The summed E-state index contributed by atoms with van der Waals surface area (Å²) in [6.07, 6.45) is 1.86. The van der Waals surface area contributed by atoms with Crippen LogP contribution >= 0.6 is 0 Å². The van der Waals surface area contributed by atoms with E-state index >= 15 is 0 Å². The van der Waals surface area contributed by atoms with Crippen molar-refractivity contribution in [3.8, 4) is 16.9 Å². The summed E-state index contributed by atoms with van der Waals surface area (Å²) < 4.78 is 26.1. The van der Waals surface area contributed by atoms with Crippen LogP contribution in [0.4, 0.5) is 4.39 Å². The highest BCUT2D eigenvalue weighted by Crippen LogP contribution is 2.51. The third-order valence-corrected chi connectivity index (χ3v) is 5.83. The number of aliphatic imine (C=N–C) groups is 1. The van der Waals surface area contributed by atoms with Crippen molar-refractivity contribution in [3.63, 3.8) is 0 Å². The minimum Gasteiger partial charge on any atom is -0.489 e. The fraction of sp³-hybridized carbons (Fsp3) is 0.350. The maximum Gasteiger partial charge on any atom is 0.262 e. The largest absolute Gasteiger partial charge is 0.489 e. The average Bonchev–Trinajstić information content (AvgIpc) is 2.93. The molecule has 2 aromatic rings. The number of hydrogen-bond acceptors (Lipinski definition) is 6. The van der Waals surface area contributed by atoms with E-state index in [9.17, 15) is 9.18 Å². The Morgan fingerprint density at radius 1 is 1.36 bits per heavy atom. The van der Waals surface area contributed by atoms with Gasteiger partial charge in [-0.1, -0.05) is 6.07 Å². The first-order chi connectivity index (χ1) is 13.5. The molecule has 1 amide bonds. The predicted octanol–water partition coefficient (Wildman–Crippen LogP) is 1.67. The molecule has 7 nitrogen and oxygen atoms in total. The Labute approximate surface area is 161 Å². The number of fused-ring (bicyclic) bond motifs is 4. The number of carbonyl (C=O) groups excluding carboxylic acids is 1. The number of hydrogen-bond donors (Lipinski definition) is 1. The third kappa shape index (κ3) is 2.21. The lowest BCUT2D eigenvalue weighted by Gasteiger charge is -2.45. The van der Waals surface area contributed by atoms with E-state index in [1.807, 2.05) is 0 Å². The summed E-state index contributed by atoms with van der Waals surface area (Å²) >= 11 is 0. The molecule has 4 heterocycles. The summed E-state index contributed by atoms with van der Waals surface area (Å²) in [6.45, 7) is 0.904. The van der Waals surface area contributed by atoms with Crippen LogP contribution in [0.5, 0.6) is 5.75 Å². The van der Waals surface area contributed by atoms with Crippen molar-refractivity contribution in [3.05, 3.63) is 48.0 Å². The lowest BCUT2D eigenvalue weighted by atomic mass is 9.71. The van der Waals surface area contributed by atoms with Gasteiger partial charge in [0.25, 0.3) is 5.91 Å². The molecule has 0 unspecified atom stereocenters. The SMILES string of the molecule is CN1C(=O)[C@]2(N=C1N)c1cc(-c3cccnc3F)ccc1O[C@@H]1CCOC[C@H]12. The molecule has 144 valence electrons. The van der Waals surface area contributed by atoms with Gasteiger partial charge in [0.2, 0.25) is 5.95 Å². The van der Waals surface area contributed by atoms with Crippen LogP contribution in [0.25, 0.3) is 11.1 Å². The van der Waals surface area contributed by atoms with Crippen molar-refractivity contribution >= 4 is 11.9 Å². The number of aromatic nitrogens is 1. The summed E-state index contributed by atoms with van der Waals surface area (Å²) in [4.78, 5) is 23.1. The Hall–Kier alpha value is -3.00. The number of guanidine groups is 1. The van der Waals surface area contributed by atoms with Crippen LogP contribution in [0.1, 0.15) is 12.0 Å². The fourth-order valence-electron chi connectivity index (χ4n) is 4.39. The first-order valence-corrected chi connectivity index (χ1v) is 9.15. The second-order valence-electron chi connectivity index (χ2n) is 7.28. The first kappa shape index (κ1) is 17.1. The van der Waals surface area contributed by atoms with Crippen molar-refractivity contribution in [2.24, 2.45) is 16.6 Å². The molecular weight excluding hydrogens is 363 g/mol. The number of pyridine rings is 1. The average molecular weight is 382 g/mol. The maximum absolute atomic E-state index is 14.3. The molecule has 3 aliphatic rings. The van der Waals surface area contributed by atoms with E-state index in [4.69, 9.17) is 15.2 Å². The predicted molar refractivity (Wildman–Crippen MR) is 99.0 cm³/mol. The van der Waals surface area contributed by atoms with Gasteiger partial charge in [-0.3, -0.25) is 9.69 Å². The van der Waals surface area contributed by atoms with E-state index < -0.39 is 11.5 Å². The van der Waals surface area contributed by atoms with Gasteiger partial charge >= 0.3 is 0 Å². The molecule has 3 atom stereocenters. The van der Waals surface area contributed by atoms with Crippen LogP contribution in [0.3, 0.4) is 0 Å². The van der Waals surface area contributed by atoms with Gasteiger partial charge in [0.05, 0.1) is 19.1 Å². The van der Waals surface area contributed by atoms with E-state index in [2.05, 4.69) is 9.98 Å². The normalized spacial score (nSPS) is 28.6. The molecule has 2 N–H and O–H groups in total. The second-order valence-corrected chi connectivity index (χ2v) is 7.28. The topological polar surface area (TPSA) is 90.0 Å². The molecule has 0 radical (unpaired) electrons. The first-order valence-electron chi connectivity index (χ1n) is 9.15. The molecule has 0 saturated carbocycles. The fourth-order valence-corrected chi connectivity index (χ4v) is 4.39. The van der Waals surface area contributed by atoms with Crippen molar-refractivity contribution in [1.29, 1.82) is 0 Å². The highest BCUT2D eigenvalue weighted by atomic mass is 19.1. The molecule has 8 heteroatoms. The van der Waals surface area contributed by atoms with E-state index in [-0.39, 0.29) is 23.9 Å². The molecule has 1 aromatic carbocycles. The minimum absolute atomic E-state index is 0.153. The quantitative estimate of drug-likeness (QED) is 0.758. The standard InChI is InChI=1S/C20H19FN4O3/c1-25-18(26)20(24-19(25)22)13-9-11(12-3-2-7-23-17(12)21)4-5-15(13)28-16-6-8-27-10-14(16)20/h2-5,7,9,14,16H,6,8,10H2,1H3,(H2,22,24)/t14-,16-,20+/m1/s1. The van der Waals surface area contributed by atoms with Gasteiger partial charge in [-0.05, 0) is 29.8 Å². The van der Waals surface area contributed by atoms with Gasteiger partial charge < -0.3 is 15.2 Å². The Bertz CT molecular complexity index is 1010. The summed E-state index contributed by atoms with van der Waals surface area (Å²) in [7, 11) is 1.61. The number of benzene rings is 1. The molecule has 28 heavy (non-hydrogen) atoms. The van der Waals surface area contributed by atoms with E-state index in [0.29, 0.717) is 42.1 Å². The minimum atomic E-state index is -1.23. The Morgan fingerprint density at radius 2 is 2.21 bits per heavy atom. The number of amides is 1. The second kappa shape index (κ2) is 6.00. The van der Waals surface area contributed by atoms with Crippen molar-refractivity contribution in [2.75, 3.05) is 20.3 Å². The van der Waals surface area contributed by atoms with Gasteiger partial charge in [0, 0.05) is 30.8 Å². The number of likely N-dealkylation sites (N-methyl/N-ethyl adjacent to an activating group) is 1. The summed E-state index contributed by atoms with van der Waals surface area (Å²) in [5.41, 5.74) is 6.32. The number of nitrogens with two attached hydrogens (primary N) is 1. The van der Waals surface area contributed by atoms with Crippen LogP contribution in [0.15, 0.2) is 41.5 Å². The molecule has 5 rings (SSSR count). The molecule has 1 fully saturated rings. The molecular formula is C20H19FN4O3. The van der Waals surface area contributed by atoms with Crippen molar-refractivity contribution in [2.45, 2.75) is 18.1 Å². The van der Waals surface area contributed by atoms with Crippen LogP contribution in [0.2, 0.25) is 0 Å². The third-order valence-electron chi connectivity index (χ3n) is 5.83. The smallest absolute Gasteiger partial charge is 0.262 e. The zero-order valence-corrected chi connectivity index (χ0v) is 15.3. The molecule has 1 aromatic heterocycles. The molecule has 0 bridgehead atoms. The van der Waals surface area contributed by atoms with E-state index in [0.717, 1.165) is 0 Å². The highest BCUT2D eigenvalue weighted by Gasteiger charge is 2.60. The van der Waals surface area contributed by atoms with Crippen LogP contribution < -0.4 is 10.5 Å².